The zero-order valence-electron chi connectivity index (χ0n) is 11.3. The molecule has 100 valence electrons. The van der Waals surface area contributed by atoms with Crippen LogP contribution >= 0.6 is 23.2 Å². The average molecular weight is 286 g/mol. The summed E-state index contributed by atoms with van der Waals surface area (Å²) in [6.45, 7) is 7.53. The van der Waals surface area contributed by atoms with Crippen LogP contribution in [-0.2, 0) is 5.41 Å². The van der Waals surface area contributed by atoms with Gasteiger partial charge >= 0.3 is 0 Å². The maximum absolute atomic E-state index is 6.33. The number of rotatable bonds is 2. The van der Waals surface area contributed by atoms with Crippen molar-refractivity contribution in [3.05, 3.63) is 33.8 Å². The van der Waals surface area contributed by atoms with Gasteiger partial charge in [-0.05, 0) is 41.9 Å². The van der Waals surface area contributed by atoms with Crippen LogP contribution < -0.4 is 5.73 Å². The van der Waals surface area contributed by atoms with E-state index in [1.807, 2.05) is 18.2 Å². The number of hydrogen-bond acceptors (Lipinski definition) is 1. The smallest absolute Gasteiger partial charge is 0.0458 e. The molecule has 1 aromatic rings. The van der Waals surface area contributed by atoms with Gasteiger partial charge in [-0.15, -0.1) is 0 Å². The summed E-state index contributed by atoms with van der Waals surface area (Å²) in [5.41, 5.74) is 7.59. The average Bonchev–Trinajstić information content (AvgIpc) is 2.17. The summed E-state index contributed by atoms with van der Waals surface area (Å²) < 4.78 is 0. The second-order valence-electron chi connectivity index (χ2n) is 6.58. The van der Waals surface area contributed by atoms with Crippen LogP contribution in [0.3, 0.4) is 0 Å². The largest absolute Gasteiger partial charge is 0.330 e. The number of benzene rings is 1. The summed E-state index contributed by atoms with van der Waals surface area (Å²) in [6.07, 6.45) is 2.24. The molecule has 0 aliphatic heterocycles. The molecule has 1 nitrogen and oxygen atoms in total. The Morgan fingerprint density at radius 1 is 1.28 bits per heavy atom. The van der Waals surface area contributed by atoms with Crippen LogP contribution in [-0.4, -0.2) is 6.54 Å². The minimum Gasteiger partial charge on any atom is -0.330 e. The van der Waals surface area contributed by atoms with E-state index in [1.54, 1.807) is 0 Å². The molecule has 2 N–H and O–H groups in total. The van der Waals surface area contributed by atoms with E-state index in [0.29, 0.717) is 22.9 Å². The highest BCUT2D eigenvalue weighted by Gasteiger charge is 2.49. The van der Waals surface area contributed by atoms with Crippen molar-refractivity contribution in [1.29, 1.82) is 0 Å². The van der Waals surface area contributed by atoms with E-state index in [0.717, 1.165) is 23.4 Å². The van der Waals surface area contributed by atoms with Crippen LogP contribution in [0, 0.1) is 11.3 Å². The standard InChI is InChI=1S/C15H21Cl2N/c1-14(2,3)10-7-15(8-10,9-18)12-5-4-11(16)6-13(12)17/h4-6,10H,7-9,18H2,1-3H3. The fraction of sp³-hybridized carbons (Fsp3) is 0.600. The first-order valence-corrected chi connectivity index (χ1v) is 7.20. The third kappa shape index (κ3) is 2.41. The third-order valence-electron chi connectivity index (χ3n) is 4.39. The molecule has 0 aromatic heterocycles. The predicted molar refractivity (Wildman–Crippen MR) is 79.4 cm³/mol. The molecule has 3 heteroatoms. The van der Waals surface area contributed by atoms with Crippen molar-refractivity contribution in [3.63, 3.8) is 0 Å². The minimum atomic E-state index is 0.0552. The van der Waals surface area contributed by atoms with Crippen LogP contribution in [0.15, 0.2) is 18.2 Å². The van der Waals surface area contributed by atoms with Crippen LogP contribution in [0.25, 0.3) is 0 Å². The second-order valence-corrected chi connectivity index (χ2v) is 7.42. The van der Waals surface area contributed by atoms with Gasteiger partial charge in [-0.1, -0.05) is 50.0 Å². The molecule has 2 rings (SSSR count). The number of hydrogen-bond donors (Lipinski definition) is 1. The molecule has 0 radical (unpaired) electrons. The molecule has 1 aliphatic carbocycles. The van der Waals surface area contributed by atoms with E-state index in [1.165, 1.54) is 0 Å². The Balaban J connectivity index is 2.26. The maximum Gasteiger partial charge on any atom is 0.0458 e. The lowest BCUT2D eigenvalue weighted by molar-refractivity contribution is 0.0504. The van der Waals surface area contributed by atoms with E-state index in [9.17, 15) is 0 Å². The summed E-state index contributed by atoms with van der Waals surface area (Å²) in [6, 6.07) is 5.77. The first-order valence-electron chi connectivity index (χ1n) is 6.44. The Morgan fingerprint density at radius 2 is 1.89 bits per heavy atom. The van der Waals surface area contributed by atoms with Crippen molar-refractivity contribution in [2.45, 2.75) is 39.0 Å². The highest BCUT2D eigenvalue weighted by Crippen LogP contribution is 2.55. The molecule has 0 saturated heterocycles. The Morgan fingerprint density at radius 3 is 2.33 bits per heavy atom. The molecular formula is C15H21Cl2N. The van der Waals surface area contributed by atoms with Crippen LogP contribution in [0.5, 0.6) is 0 Å². The third-order valence-corrected chi connectivity index (χ3v) is 4.94. The van der Waals surface area contributed by atoms with Crippen LogP contribution in [0.4, 0.5) is 0 Å². The van der Waals surface area contributed by atoms with Gasteiger partial charge in [-0.2, -0.15) is 0 Å². The Hall–Kier alpha value is -0.240. The van der Waals surface area contributed by atoms with Crippen molar-refractivity contribution in [2.75, 3.05) is 6.54 Å². The lowest BCUT2D eigenvalue weighted by atomic mass is 9.52. The lowest BCUT2D eigenvalue weighted by Gasteiger charge is -2.53. The number of halogens is 2. The predicted octanol–water partition coefficient (Wildman–Crippen LogP) is 4.65. The fourth-order valence-electron chi connectivity index (χ4n) is 2.91. The van der Waals surface area contributed by atoms with Gasteiger partial charge in [0.1, 0.15) is 0 Å². The van der Waals surface area contributed by atoms with E-state index in [4.69, 9.17) is 28.9 Å². The van der Waals surface area contributed by atoms with E-state index >= 15 is 0 Å². The Labute approximate surface area is 120 Å². The van der Waals surface area contributed by atoms with E-state index in [-0.39, 0.29) is 5.41 Å². The minimum absolute atomic E-state index is 0.0552. The van der Waals surface area contributed by atoms with E-state index < -0.39 is 0 Å². The van der Waals surface area contributed by atoms with Gasteiger partial charge < -0.3 is 5.73 Å². The zero-order chi connectivity index (χ0) is 13.6. The normalized spacial score (nSPS) is 28.0. The first kappa shape index (κ1) is 14.2. The molecule has 0 spiro atoms. The summed E-state index contributed by atoms with van der Waals surface area (Å²) in [4.78, 5) is 0. The SMILES string of the molecule is CC(C)(C)C1CC(CN)(c2ccc(Cl)cc2Cl)C1. The van der Waals surface area contributed by atoms with Crippen molar-refractivity contribution in [2.24, 2.45) is 17.1 Å². The van der Waals surface area contributed by atoms with Gasteiger partial charge in [-0.25, -0.2) is 0 Å². The molecule has 0 bridgehead atoms. The monoisotopic (exact) mass is 285 g/mol. The molecule has 18 heavy (non-hydrogen) atoms. The van der Waals surface area contributed by atoms with Crippen molar-refractivity contribution in [3.8, 4) is 0 Å². The first-order chi connectivity index (χ1) is 8.28. The summed E-state index contributed by atoms with van der Waals surface area (Å²) in [5, 5.41) is 1.43. The summed E-state index contributed by atoms with van der Waals surface area (Å²) in [7, 11) is 0. The van der Waals surface area contributed by atoms with Crippen LogP contribution in [0.2, 0.25) is 10.0 Å². The molecule has 0 heterocycles. The van der Waals surface area contributed by atoms with Crippen molar-refractivity contribution < 1.29 is 0 Å². The molecule has 1 aromatic carbocycles. The molecule has 1 aliphatic rings. The molecule has 0 amide bonds. The van der Waals surface area contributed by atoms with Crippen molar-refractivity contribution >= 4 is 23.2 Å². The lowest BCUT2D eigenvalue weighted by Crippen LogP contribution is -2.51. The van der Waals surface area contributed by atoms with Crippen molar-refractivity contribution in [1.82, 2.24) is 0 Å². The van der Waals surface area contributed by atoms with Gasteiger partial charge in [0.25, 0.3) is 0 Å². The highest BCUT2D eigenvalue weighted by molar-refractivity contribution is 6.35. The quantitative estimate of drug-likeness (QED) is 0.841. The number of nitrogens with two attached hydrogens (primary N) is 1. The molecule has 0 atom stereocenters. The van der Waals surface area contributed by atoms with Gasteiger partial charge in [0.15, 0.2) is 0 Å². The van der Waals surface area contributed by atoms with Gasteiger partial charge in [0.05, 0.1) is 0 Å². The van der Waals surface area contributed by atoms with E-state index in [2.05, 4.69) is 20.8 Å². The molecule has 1 fully saturated rings. The molecular weight excluding hydrogens is 265 g/mol. The highest BCUT2D eigenvalue weighted by atomic mass is 35.5. The topological polar surface area (TPSA) is 26.0 Å². The summed E-state index contributed by atoms with van der Waals surface area (Å²) in [5.74, 6) is 0.716. The zero-order valence-corrected chi connectivity index (χ0v) is 12.8. The molecule has 0 unspecified atom stereocenters. The second kappa shape index (κ2) is 4.70. The summed E-state index contributed by atoms with van der Waals surface area (Å²) >= 11 is 12.3. The van der Waals surface area contributed by atoms with Gasteiger partial charge in [-0.3, -0.25) is 0 Å². The maximum atomic E-state index is 6.33. The fourth-order valence-corrected chi connectivity index (χ4v) is 3.52. The van der Waals surface area contributed by atoms with Gasteiger partial charge in [0, 0.05) is 22.0 Å². The Kier molecular flexibility index (Phi) is 3.70. The van der Waals surface area contributed by atoms with Gasteiger partial charge in [0.2, 0.25) is 0 Å². The molecule has 1 saturated carbocycles. The Bertz CT molecular complexity index is 442. The van der Waals surface area contributed by atoms with Crippen LogP contribution in [0.1, 0.15) is 39.2 Å².